The highest BCUT2D eigenvalue weighted by atomic mass is 14.8. The first-order valence-corrected chi connectivity index (χ1v) is 8.05. The summed E-state index contributed by atoms with van der Waals surface area (Å²) in [6, 6.07) is 0. The second kappa shape index (κ2) is 6.78. The molecule has 0 radical (unpaired) electrons. The second-order valence-corrected chi connectivity index (χ2v) is 6.39. The predicted octanol–water partition coefficient (Wildman–Crippen LogP) is 4.23. The maximum atomic E-state index is 3.60. The standard InChI is InChI=1S/C16H31N/c1-3-6-13-9-10-15(12-17-4-2)16(11-13)14-7-5-8-14/h13-17H,3-12H2,1-2H3. The van der Waals surface area contributed by atoms with E-state index in [-0.39, 0.29) is 0 Å². The summed E-state index contributed by atoms with van der Waals surface area (Å²) < 4.78 is 0. The summed E-state index contributed by atoms with van der Waals surface area (Å²) in [6.45, 7) is 7.02. The molecule has 3 atom stereocenters. The Kier molecular flexibility index (Phi) is 5.34. The van der Waals surface area contributed by atoms with E-state index < -0.39 is 0 Å². The van der Waals surface area contributed by atoms with E-state index in [4.69, 9.17) is 0 Å². The van der Waals surface area contributed by atoms with Gasteiger partial charge in [-0.25, -0.2) is 0 Å². The van der Waals surface area contributed by atoms with Crippen molar-refractivity contribution in [2.24, 2.45) is 23.7 Å². The third kappa shape index (κ3) is 3.47. The highest BCUT2D eigenvalue weighted by molar-refractivity contribution is 4.88. The molecule has 0 aliphatic heterocycles. The van der Waals surface area contributed by atoms with E-state index in [0.717, 1.165) is 30.2 Å². The molecule has 0 heterocycles. The fourth-order valence-electron chi connectivity index (χ4n) is 4.06. The van der Waals surface area contributed by atoms with Crippen LogP contribution in [0.5, 0.6) is 0 Å². The van der Waals surface area contributed by atoms with Crippen LogP contribution in [0.15, 0.2) is 0 Å². The van der Waals surface area contributed by atoms with Crippen LogP contribution in [-0.2, 0) is 0 Å². The summed E-state index contributed by atoms with van der Waals surface area (Å²) in [5, 5.41) is 3.60. The van der Waals surface area contributed by atoms with Crippen molar-refractivity contribution in [1.29, 1.82) is 0 Å². The molecule has 2 aliphatic rings. The maximum absolute atomic E-state index is 3.60. The van der Waals surface area contributed by atoms with Gasteiger partial charge in [-0.15, -0.1) is 0 Å². The molecule has 100 valence electrons. The Hall–Kier alpha value is -0.0400. The van der Waals surface area contributed by atoms with Gasteiger partial charge in [-0.3, -0.25) is 0 Å². The Morgan fingerprint density at radius 2 is 1.88 bits per heavy atom. The van der Waals surface area contributed by atoms with Gasteiger partial charge in [0.1, 0.15) is 0 Å². The molecule has 0 spiro atoms. The molecule has 1 nitrogen and oxygen atoms in total. The average Bonchev–Trinajstić information content (AvgIpc) is 2.26. The lowest BCUT2D eigenvalue weighted by molar-refractivity contribution is 0.0712. The van der Waals surface area contributed by atoms with Crippen molar-refractivity contribution in [3.8, 4) is 0 Å². The zero-order valence-corrected chi connectivity index (χ0v) is 11.9. The van der Waals surface area contributed by atoms with E-state index in [2.05, 4.69) is 19.2 Å². The first kappa shape index (κ1) is 13.4. The number of nitrogens with one attached hydrogen (secondary N) is 1. The van der Waals surface area contributed by atoms with Gasteiger partial charge in [0.15, 0.2) is 0 Å². The van der Waals surface area contributed by atoms with Crippen LogP contribution in [-0.4, -0.2) is 13.1 Å². The van der Waals surface area contributed by atoms with Crippen molar-refractivity contribution in [1.82, 2.24) is 5.32 Å². The van der Waals surface area contributed by atoms with Crippen LogP contribution < -0.4 is 5.32 Å². The molecule has 2 rings (SSSR count). The van der Waals surface area contributed by atoms with Crippen LogP contribution >= 0.6 is 0 Å². The van der Waals surface area contributed by atoms with Crippen LogP contribution in [0.2, 0.25) is 0 Å². The average molecular weight is 237 g/mol. The first-order valence-electron chi connectivity index (χ1n) is 8.05. The second-order valence-electron chi connectivity index (χ2n) is 6.39. The Morgan fingerprint density at radius 1 is 1.06 bits per heavy atom. The minimum atomic E-state index is 0.994. The van der Waals surface area contributed by atoms with Gasteiger partial charge in [-0.1, -0.05) is 52.4 Å². The van der Waals surface area contributed by atoms with Crippen LogP contribution in [0.3, 0.4) is 0 Å². The molecule has 17 heavy (non-hydrogen) atoms. The van der Waals surface area contributed by atoms with E-state index in [1.807, 2.05) is 0 Å². The maximum Gasteiger partial charge on any atom is -0.00179 e. The summed E-state index contributed by atoms with van der Waals surface area (Å²) >= 11 is 0. The fraction of sp³-hybridized carbons (Fsp3) is 1.00. The molecule has 0 bridgehead atoms. The number of hydrogen-bond donors (Lipinski definition) is 1. The van der Waals surface area contributed by atoms with Crippen molar-refractivity contribution < 1.29 is 0 Å². The molecule has 0 aromatic carbocycles. The molecule has 2 aliphatic carbocycles. The SMILES string of the molecule is CCCC1CCC(CNCC)C(C2CCC2)C1. The molecule has 0 aromatic rings. The summed E-state index contributed by atoms with van der Waals surface area (Å²) in [6.07, 6.45) is 12.0. The molecular formula is C16H31N. The minimum Gasteiger partial charge on any atom is -0.317 e. The van der Waals surface area contributed by atoms with Crippen LogP contribution in [0.1, 0.15) is 65.2 Å². The molecule has 2 fully saturated rings. The van der Waals surface area contributed by atoms with Crippen molar-refractivity contribution in [3.05, 3.63) is 0 Å². The van der Waals surface area contributed by atoms with Crippen molar-refractivity contribution in [3.63, 3.8) is 0 Å². The Labute approximate surface area is 108 Å². The molecule has 2 saturated carbocycles. The number of hydrogen-bond acceptors (Lipinski definition) is 1. The Balaban J connectivity index is 1.87. The topological polar surface area (TPSA) is 12.0 Å². The first-order chi connectivity index (χ1) is 8.35. The van der Waals surface area contributed by atoms with Gasteiger partial charge in [0.05, 0.1) is 0 Å². The monoisotopic (exact) mass is 237 g/mol. The zero-order valence-electron chi connectivity index (χ0n) is 11.9. The van der Waals surface area contributed by atoms with E-state index in [0.29, 0.717) is 0 Å². The van der Waals surface area contributed by atoms with Gasteiger partial charge >= 0.3 is 0 Å². The van der Waals surface area contributed by atoms with E-state index in [9.17, 15) is 0 Å². The quantitative estimate of drug-likeness (QED) is 0.729. The molecule has 0 aromatic heterocycles. The highest BCUT2D eigenvalue weighted by Crippen LogP contribution is 2.46. The van der Waals surface area contributed by atoms with Gasteiger partial charge in [-0.05, 0) is 49.6 Å². The van der Waals surface area contributed by atoms with Crippen molar-refractivity contribution in [2.45, 2.75) is 65.2 Å². The predicted molar refractivity (Wildman–Crippen MR) is 75.1 cm³/mol. The largest absolute Gasteiger partial charge is 0.317 e. The molecule has 0 saturated heterocycles. The van der Waals surface area contributed by atoms with Gasteiger partial charge in [-0.2, -0.15) is 0 Å². The lowest BCUT2D eigenvalue weighted by atomic mass is 9.62. The third-order valence-corrected chi connectivity index (χ3v) is 5.27. The molecule has 1 heteroatoms. The van der Waals surface area contributed by atoms with E-state index >= 15 is 0 Å². The normalized spacial score (nSPS) is 34.6. The van der Waals surface area contributed by atoms with Crippen LogP contribution in [0.25, 0.3) is 0 Å². The third-order valence-electron chi connectivity index (χ3n) is 5.27. The number of rotatable bonds is 6. The molecular weight excluding hydrogens is 206 g/mol. The van der Waals surface area contributed by atoms with E-state index in [1.165, 1.54) is 51.5 Å². The Morgan fingerprint density at radius 3 is 2.47 bits per heavy atom. The van der Waals surface area contributed by atoms with Gasteiger partial charge < -0.3 is 5.32 Å². The van der Waals surface area contributed by atoms with E-state index in [1.54, 1.807) is 6.42 Å². The van der Waals surface area contributed by atoms with Gasteiger partial charge in [0.2, 0.25) is 0 Å². The van der Waals surface area contributed by atoms with Crippen molar-refractivity contribution >= 4 is 0 Å². The molecule has 3 unspecified atom stereocenters. The lowest BCUT2D eigenvalue weighted by Gasteiger charge is -2.44. The fourth-order valence-corrected chi connectivity index (χ4v) is 4.06. The molecule has 1 N–H and O–H groups in total. The van der Waals surface area contributed by atoms with Crippen molar-refractivity contribution in [2.75, 3.05) is 13.1 Å². The van der Waals surface area contributed by atoms with Gasteiger partial charge in [0, 0.05) is 0 Å². The smallest absolute Gasteiger partial charge is 0.00179 e. The Bertz CT molecular complexity index is 210. The lowest BCUT2D eigenvalue weighted by Crippen LogP contribution is -2.39. The van der Waals surface area contributed by atoms with Crippen LogP contribution in [0, 0.1) is 23.7 Å². The summed E-state index contributed by atoms with van der Waals surface area (Å²) in [5.74, 6) is 4.21. The zero-order chi connectivity index (χ0) is 12.1. The highest BCUT2D eigenvalue weighted by Gasteiger charge is 2.37. The van der Waals surface area contributed by atoms with Gasteiger partial charge in [0.25, 0.3) is 0 Å². The summed E-state index contributed by atoms with van der Waals surface area (Å²) in [5.41, 5.74) is 0. The summed E-state index contributed by atoms with van der Waals surface area (Å²) in [7, 11) is 0. The minimum absolute atomic E-state index is 0.994. The van der Waals surface area contributed by atoms with Crippen LogP contribution in [0.4, 0.5) is 0 Å². The summed E-state index contributed by atoms with van der Waals surface area (Å²) in [4.78, 5) is 0. The molecule has 0 amide bonds.